The van der Waals surface area contributed by atoms with E-state index in [1.807, 2.05) is 5.43 Å². The van der Waals surface area contributed by atoms with Gasteiger partial charge in [0.25, 0.3) is 5.91 Å². The molecule has 1 amide bonds. The lowest BCUT2D eigenvalue weighted by molar-refractivity contribution is 0.0782. The lowest BCUT2D eigenvalue weighted by atomic mass is 10.1. The number of nitrogen functional groups attached to an aromatic ring is 1. The van der Waals surface area contributed by atoms with Gasteiger partial charge in [0.05, 0.1) is 12.2 Å². The summed E-state index contributed by atoms with van der Waals surface area (Å²) in [5.74, 6) is 2.65. The van der Waals surface area contributed by atoms with Crippen molar-refractivity contribution < 1.29 is 13.6 Å². The summed E-state index contributed by atoms with van der Waals surface area (Å²) in [5, 5.41) is 0. The molecule has 0 aliphatic heterocycles. The minimum absolute atomic E-state index is 0.0950. The van der Waals surface area contributed by atoms with Crippen LogP contribution in [0.3, 0.4) is 0 Å². The van der Waals surface area contributed by atoms with E-state index < -0.39 is 23.2 Å². The number of carbonyl (C=O) groups excluding carboxylic acids is 1. The Morgan fingerprint density at radius 2 is 2.00 bits per heavy atom. The predicted molar refractivity (Wildman–Crippen MR) is 74.2 cm³/mol. The first-order valence-electron chi connectivity index (χ1n) is 6.14. The van der Waals surface area contributed by atoms with Crippen molar-refractivity contribution in [2.45, 2.75) is 6.54 Å². The SMILES string of the molecule is CN(Cc1ccccn1)C(=O)c1cc(F)c(NN)c(F)c1. The van der Waals surface area contributed by atoms with E-state index in [1.54, 1.807) is 24.4 Å². The zero-order chi connectivity index (χ0) is 15.4. The van der Waals surface area contributed by atoms with Crippen LogP contribution in [0.2, 0.25) is 0 Å². The molecule has 0 spiro atoms. The number of halogens is 2. The average molecular weight is 292 g/mol. The van der Waals surface area contributed by atoms with Crippen LogP contribution in [-0.2, 0) is 6.54 Å². The second-order valence-electron chi connectivity index (χ2n) is 4.44. The minimum Gasteiger partial charge on any atom is -0.336 e. The van der Waals surface area contributed by atoms with Gasteiger partial charge in [0.1, 0.15) is 5.69 Å². The standard InChI is InChI=1S/C14H14F2N4O/c1-20(8-10-4-2-3-5-18-10)14(21)9-6-11(15)13(19-17)12(16)7-9/h2-7,19H,8,17H2,1H3. The van der Waals surface area contributed by atoms with Gasteiger partial charge in [0, 0.05) is 18.8 Å². The number of aromatic nitrogens is 1. The molecule has 0 bridgehead atoms. The molecule has 0 atom stereocenters. The Kier molecular flexibility index (Phi) is 4.44. The molecule has 0 unspecified atom stereocenters. The molecule has 5 nitrogen and oxygen atoms in total. The third-order valence-corrected chi connectivity index (χ3v) is 2.91. The molecule has 0 aliphatic carbocycles. The number of nitrogens with zero attached hydrogens (tertiary/aromatic N) is 2. The molecule has 21 heavy (non-hydrogen) atoms. The highest BCUT2D eigenvalue weighted by molar-refractivity contribution is 5.94. The van der Waals surface area contributed by atoms with Crippen molar-refractivity contribution in [1.29, 1.82) is 0 Å². The Labute approximate surface area is 120 Å². The zero-order valence-electron chi connectivity index (χ0n) is 11.3. The van der Waals surface area contributed by atoms with Crippen LogP contribution < -0.4 is 11.3 Å². The number of benzene rings is 1. The molecule has 3 N–H and O–H groups in total. The van der Waals surface area contributed by atoms with Gasteiger partial charge in [-0.25, -0.2) is 8.78 Å². The van der Waals surface area contributed by atoms with Gasteiger partial charge in [-0.3, -0.25) is 15.6 Å². The monoisotopic (exact) mass is 292 g/mol. The summed E-state index contributed by atoms with van der Waals surface area (Å²) in [7, 11) is 1.53. The van der Waals surface area contributed by atoms with E-state index in [0.29, 0.717) is 5.69 Å². The number of hydrogen-bond donors (Lipinski definition) is 2. The molecule has 110 valence electrons. The third-order valence-electron chi connectivity index (χ3n) is 2.91. The summed E-state index contributed by atoms with van der Waals surface area (Å²) in [6.45, 7) is 0.236. The van der Waals surface area contributed by atoms with Crippen LogP contribution in [0.5, 0.6) is 0 Å². The van der Waals surface area contributed by atoms with Crippen LogP contribution in [0, 0.1) is 11.6 Å². The smallest absolute Gasteiger partial charge is 0.254 e. The number of nitrogens with two attached hydrogens (primary N) is 1. The molecule has 0 fully saturated rings. The highest BCUT2D eigenvalue weighted by Crippen LogP contribution is 2.20. The largest absolute Gasteiger partial charge is 0.336 e. The van der Waals surface area contributed by atoms with Crippen LogP contribution in [0.4, 0.5) is 14.5 Å². The second-order valence-corrected chi connectivity index (χ2v) is 4.44. The van der Waals surface area contributed by atoms with Crippen molar-refractivity contribution in [2.75, 3.05) is 12.5 Å². The highest BCUT2D eigenvalue weighted by Gasteiger charge is 2.17. The van der Waals surface area contributed by atoms with Crippen molar-refractivity contribution in [2.24, 2.45) is 5.84 Å². The molecular weight excluding hydrogens is 278 g/mol. The first-order valence-corrected chi connectivity index (χ1v) is 6.14. The summed E-state index contributed by atoms with van der Waals surface area (Å²) >= 11 is 0. The van der Waals surface area contributed by atoms with Gasteiger partial charge < -0.3 is 10.3 Å². The zero-order valence-corrected chi connectivity index (χ0v) is 11.3. The maximum absolute atomic E-state index is 13.6. The molecule has 0 radical (unpaired) electrons. The summed E-state index contributed by atoms with van der Waals surface area (Å²) < 4.78 is 27.2. The Bertz CT molecular complexity index is 626. The fourth-order valence-corrected chi connectivity index (χ4v) is 1.86. The van der Waals surface area contributed by atoms with E-state index >= 15 is 0 Å². The summed E-state index contributed by atoms with van der Waals surface area (Å²) in [4.78, 5) is 17.6. The van der Waals surface area contributed by atoms with E-state index in [-0.39, 0.29) is 12.1 Å². The van der Waals surface area contributed by atoms with Gasteiger partial charge in [0.2, 0.25) is 0 Å². The fourth-order valence-electron chi connectivity index (χ4n) is 1.86. The van der Waals surface area contributed by atoms with Crippen LogP contribution >= 0.6 is 0 Å². The van der Waals surface area contributed by atoms with Crippen LogP contribution in [0.15, 0.2) is 36.5 Å². The molecule has 2 rings (SSSR count). The van der Waals surface area contributed by atoms with Gasteiger partial charge in [0.15, 0.2) is 11.6 Å². The van der Waals surface area contributed by atoms with E-state index in [1.165, 1.54) is 11.9 Å². The molecule has 1 aromatic carbocycles. The number of hydrogen-bond acceptors (Lipinski definition) is 4. The Morgan fingerprint density at radius 3 is 2.52 bits per heavy atom. The lowest BCUT2D eigenvalue weighted by Gasteiger charge is -2.17. The van der Waals surface area contributed by atoms with Crippen LogP contribution in [-0.4, -0.2) is 22.8 Å². The number of amides is 1. The van der Waals surface area contributed by atoms with Crippen molar-refractivity contribution in [1.82, 2.24) is 9.88 Å². The van der Waals surface area contributed by atoms with E-state index in [4.69, 9.17) is 5.84 Å². The number of rotatable bonds is 4. The van der Waals surface area contributed by atoms with Crippen molar-refractivity contribution >= 4 is 11.6 Å². The molecule has 1 heterocycles. The first kappa shape index (κ1) is 14.9. The molecular formula is C14H14F2N4O. The molecule has 1 aromatic heterocycles. The Balaban J connectivity index is 2.20. The number of carbonyl (C=O) groups is 1. The minimum atomic E-state index is -0.924. The van der Waals surface area contributed by atoms with E-state index in [0.717, 1.165) is 12.1 Å². The van der Waals surface area contributed by atoms with Gasteiger partial charge in [-0.05, 0) is 24.3 Å². The maximum Gasteiger partial charge on any atom is 0.254 e. The number of pyridine rings is 1. The lowest BCUT2D eigenvalue weighted by Crippen LogP contribution is -2.27. The van der Waals surface area contributed by atoms with Gasteiger partial charge in [-0.1, -0.05) is 6.07 Å². The van der Waals surface area contributed by atoms with Crippen molar-refractivity contribution in [3.63, 3.8) is 0 Å². The van der Waals surface area contributed by atoms with Gasteiger partial charge in [-0.15, -0.1) is 0 Å². The second kappa shape index (κ2) is 6.27. The molecule has 7 heteroatoms. The highest BCUT2D eigenvalue weighted by atomic mass is 19.1. The number of nitrogens with one attached hydrogen (secondary N) is 1. The van der Waals surface area contributed by atoms with E-state index in [9.17, 15) is 13.6 Å². The van der Waals surface area contributed by atoms with Gasteiger partial charge >= 0.3 is 0 Å². The van der Waals surface area contributed by atoms with Crippen LogP contribution in [0.1, 0.15) is 16.1 Å². The Morgan fingerprint density at radius 1 is 1.33 bits per heavy atom. The molecule has 0 saturated heterocycles. The van der Waals surface area contributed by atoms with Gasteiger partial charge in [-0.2, -0.15) is 0 Å². The molecule has 0 aliphatic rings. The van der Waals surface area contributed by atoms with E-state index in [2.05, 4.69) is 4.98 Å². The quantitative estimate of drug-likeness (QED) is 0.667. The molecule has 0 saturated carbocycles. The normalized spacial score (nSPS) is 10.3. The Hall–Kier alpha value is -2.54. The van der Waals surface area contributed by atoms with Crippen molar-refractivity contribution in [3.8, 4) is 0 Å². The van der Waals surface area contributed by atoms with Crippen molar-refractivity contribution in [3.05, 3.63) is 59.4 Å². The predicted octanol–water partition coefficient (Wildman–Crippen LogP) is 1.92. The maximum atomic E-state index is 13.6. The summed E-state index contributed by atoms with van der Waals surface area (Å²) in [6, 6.07) is 7.19. The fraction of sp³-hybridized carbons (Fsp3) is 0.143. The summed E-state index contributed by atoms with van der Waals surface area (Å²) in [5.41, 5.74) is 2.02. The first-order chi connectivity index (χ1) is 10.0. The average Bonchev–Trinajstić information content (AvgIpc) is 2.47. The number of hydrazine groups is 1. The number of anilines is 1. The van der Waals surface area contributed by atoms with Crippen LogP contribution in [0.25, 0.3) is 0 Å². The molecule has 2 aromatic rings. The summed E-state index contributed by atoms with van der Waals surface area (Å²) in [6.07, 6.45) is 1.61. The topological polar surface area (TPSA) is 71.2 Å². The third kappa shape index (κ3) is 3.32.